The number of rotatable bonds is 6. The predicted octanol–water partition coefficient (Wildman–Crippen LogP) is 7.16. The molecule has 0 saturated carbocycles. The number of carbonyl (C=O) groups excluding carboxylic acids is 1. The molecule has 0 aliphatic rings. The van der Waals surface area contributed by atoms with E-state index in [1.165, 1.54) is 0 Å². The lowest BCUT2D eigenvalue weighted by Gasteiger charge is -2.14. The molecular weight excluding hydrogens is 603 g/mol. The number of amides is 1. The van der Waals surface area contributed by atoms with Crippen LogP contribution in [0.25, 0.3) is 6.08 Å². The largest absolute Gasteiger partial charge is 0.496 e. The van der Waals surface area contributed by atoms with Crippen LogP contribution in [0.2, 0.25) is 5.02 Å². The highest BCUT2D eigenvalue weighted by Gasteiger charge is 2.15. The van der Waals surface area contributed by atoms with Crippen molar-refractivity contribution in [3.63, 3.8) is 0 Å². The molecule has 0 heterocycles. The van der Waals surface area contributed by atoms with Gasteiger partial charge in [0.05, 0.1) is 7.11 Å². The van der Waals surface area contributed by atoms with Crippen LogP contribution in [0.5, 0.6) is 5.75 Å². The molecule has 3 aromatic rings. The number of hydrogen-bond acceptors (Lipinski definition) is 3. The van der Waals surface area contributed by atoms with E-state index < -0.39 is 5.91 Å². The van der Waals surface area contributed by atoms with Crippen LogP contribution >= 0.6 is 50.1 Å². The molecule has 0 atom stereocenters. The van der Waals surface area contributed by atoms with Crippen molar-refractivity contribution in [1.29, 1.82) is 5.26 Å². The lowest BCUT2D eigenvalue weighted by atomic mass is 10.0. The maximum atomic E-state index is 12.7. The van der Waals surface area contributed by atoms with E-state index in [9.17, 15) is 10.1 Å². The van der Waals surface area contributed by atoms with Crippen LogP contribution in [0.1, 0.15) is 22.3 Å². The highest BCUT2D eigenvalue weighted by atomic mass is 127. The van der Waals surface area contributed by atoms with Gasteiger partial charge in [-0.1, -0.05) is 51.8 Å². The van der Waals surface area contributed by atoms with Crippen molar-refractivity contribution < 1.29 is 9.53 Å². The summed E-state index contributed by atoms with van der Waals surface area (Å²) in [4.78, 5) is 12.7. The number of anilines is 1. The predicted molar refractivity (Wildman–Crippen MR) is 141 cm³/mol. The molecule has 0 saturated heterocycles. The maximum Gasteiger partial charge on any atom is 0.266 e. The first-order chi connectivity index (χ1) is 15.3. The van der Waals surface area contributed by atoms with Gasteiger partial charge in [-0.25, -0.2) is 0 Å². The standard InChI is InChI=1S/C25H19BrClIN2O2/c1-15-21(27)8-5-9-23(15)30-25(31)18(14-29)10-16-11-22(28)19(24(12-16)32-2)13-17-6-3-4-7-20(17)26/h3-12H,13H2,1-2H3,(H,30,31)/b18-10+. The van der Waals surface area contributed by atoms with E-state index in [1.807, 2.05) is 43.3 Å². The molecule has 162 valence electrons. The Balaban J connectivity index is 1.91. The normalized spacial score (nSPS) is 11.1. The fraction of sp³-hybridized carbons (Fsp3) is 0.120. The maximum absolute atomic E-state index is 12.7. The van der Waals surface area contributed by atoms with Crippen LogP contribution in [0.4, 0.5) is 5.69 Å². The van der Waals surface area contributed by atoms with Crippen LogP contribution < -0.4 is 10.1 Å². The molecule has 0 bridgehead atoms. The molecule has 0 spiro atoms. The Labute approximate surface area is 214 Å². The molecule has 0 radical (unpaired) electrons. The van der Waals surface area contributed by atoms with Gasteiger partial charge in [-0.2, -0.15) is 5.26 Å². The van der Waals surface area contributed by atoms with Crippen molar-refractivity contribution in [3.05, 3.63) is 95.5 Å². The summed E-state index contributed by atoms with van der Waals surface area (Å²) in [6.45, 7) is 1.81. The van der Waals surface area contributed by atoms with Crippen LogP contribution in [0.3, 0.4) is 0 Å². The number of nitrogens with zero attached hydrogens (tertiary/aromatic N) is 1. The highest BCUT2D eigenvalue weighted by molar-refractivity contribution is 14.1. The Kier molecular flexibility index (Phi) is 8.35. The monoisotopic (exact) mass is 620 g/mol. The molecule has 32 heavy (non-hydrogen) atoms. The van der Waals surface area contributed by atoms with Crippen molar-refractivity contribution in [1.82, 2.24) is 0 Å². The second-order valence-corrected chi connectivity index (χ2v) is 9.41. The minimum atomic E-state index is -0.496. The van der Waals surface area contributed by atoms with Crippen LogP contribution in [0, 0.1) is 21.8 Å². The molecule has 0 unspecified atom stereocenters. The Morgan fingerprint density at radius 3 is 2.69 bits per heavy atom. The van der Waals surface area contributed by atoms with Crippen molar-refractivity contribution in [3.8, 4) is 11.8 Å². The first-order valence-electron chi connectivity index (χ1n) is 9.62. The SMILES string of the molecule is COc1cc(/C=C(\C#N)C(=O)Nc2cccc(Cl)c2C)cc(I)c1Cc1ccccc1Br. The third-order valence-electron chi connectivity index (χ3n) is 4.91. The van der Waals surface area contributed by atoms with Gasteiger partial charge in [0.1, 0.15) is 17.4 Å². The van der Waals surface area contributed by atoms with E-state index in [2.05, 4.69) is 49.9 Å². The number of methoxy groups -OCH3 is 1. The first-order valence-corrected chi connectivity index (χ1v) is 11.9. The zero-order chi connectivity index (χ0) is 23.3. The molecule has 1 amide bonds. The summed E-state index contributed by atoms with van der Waals surface area (Å²) >= 11 is 12.0. The second kappa shape index (κ2) is 11.0. The molecule has 0 fully saturated rings. The van der Waals surface area contributed by atoms with Gasteiger partial charge < -0.3 is 10.1 Å². The molecule has 3 rings (SSSR count). The first kappa shape index (κ1) is 24.3. The van der Waals surface area contributed by atoms with Gasteiger partial charge in [0, 0.05) is 30.7 Å². The summed E-state index contributed by atoms with van der Waals surface area (Å²) in [7, 11) is 1.61. The second-order valence-electron chi connectivity index (χ2n) is 6.99. The molecule has 4 nitrogen and oxygen atoms in total. The number of benzene rings is 3. The van der Waals surface area contributed by atoms with Crippen LogP contribution in [-0.4, -0.2) is 13.0 Å². The van der Waals surface area contributed by atoms with Crippen LogP contribution in [-0.2, 0) is 11.2 Å². The number of hydrogen-bond donors (Lipinski definition) is 1. The van der Waals surface area contributed by atoms with Gasteiger partial charge in [0.2, 0.25) is 0 Å². The topological polar surface area (TPSA) is 62.1 Å². The van der Waals surface area contributed by atoms with E-state index in [1.54, 1.807) is 31.4 Å². The minimum absolute atomic E-state index is 0.0132. The van der Waals surface area contributed by atoms with Crippen molar-refractivity contribution >= 4 is 67.8 Å². The molecule has 0 aliphatic carbocycles. The third-order valence-corrected chi connectivity index (χ3v) is 7.06. The van der Waals surface area contributed by atoms with Crippen molar-refractivity contribution in [2.24, 2.45) is 0 Å². The summed E-state index contributed by atoms with van der Waals surface area (Å²) in [5.74, 6) is 0.200. The summed E-state index contributed by atoms with van der Waals surface area (Å²) in [5.41, 5.74) is 4.18. The van der Waals surface area contributed by atoms with Gasteiger partial charge in [-0.15, -0.1) is 0 Å². The summed E-state index contributed by atoms with van der Waals surface area (Å²) in [6.07, 6.45) is 2.24. The average Bonchev–Trinajstić information content (AvgIpc) is 2.77. The van der Waals surface area contributed by atoms with Gasteiger partial charge in [-0.3, -0.25) is 4.79 Å². The fourth-order valence-electron chi connectivity index (χ4n) is 3.15. The number of ether oxygens (including phenoxy) is 1. The molecule has 3 aromatic carbocycles. The van der Waals surface area contributed by atoms with E-state index >= 15 is 0 Å². The van der Waals surface area contributed by atoms with Gasteiger partial charge in [0.15, 0.2) is 0 Å². The summed E-state index contributed by atoms with van der Waals surface area (Å²) in [5, 5.41) is 12.9. The fourth-order valence-corrected chi connectivity index (χ4v) is 4.56. The Bertz CT molecular complexity index is 1250. The lowest BCUT2D eigenvalue weighted by molar-refractivity contribution is -0.112. The highest BCUT2D eigenvalue weighted by Crippen LogP contribution is 2.31. The Morgan fingerprint density at radius 1 is 1.25 bits per heavy atom. The summed E-state index contributed by atoms with van der Waals surface area (Å²) < 4.78 is 7.64. The number of nitriles is 1. The van der Waals surface area contributed by atoms with E-state index in [-0.39, 0.29) is 5.57 Å². The quantitative estimate of drug-likeness (QED) is 0.181. The molecule has 7 heteroatoms. The Morgan fingerprint density at radius 2 is 2.00 bits per heavy atom. The van der Waals surface area contributed by atoms with Gasteiger partial charge in [-0.05, 0) is 82.6 Å². The molecule has 1 N–H and O–H groups in total. The number of nitrogens with one attached hydrogen (secondary N) is 1. The van der Waals surface area contributed by atoms with E-state index in [0.29, 0.717) is 28.4 Å². The average molecular weight is 622 g/mol. The van der Waals surface area contributed by atoms with Crippen LogP contribution in [0.15, 0.2) is 64.6 Å². The zero-order valence-electron chi connectivity index (χ0n) is 17.4. The number of carbonyl (C=O) groups is 1. The van der Waals surface area contributed by atoms with Gasteiger partial charge >= 0.3 is 0 Å². The molecular formula is C25H19BrClIN2O2. The smallest absolute Gasteiger partial charge is 0.266 e. The lowest BCUT2D eigenvalue weighted by Crippen LogP contribution is -2.14. The van der Waals surface area contributed by atoms with E-state index in [4.69, 9.17) is 16.3 Å². The molecule has 0 aliphatic heterocycles. The van der Waals surface area contributed by atoms with Gasteiger partial charge in [0.25, 0.3) is 5.91 Å². The third kappa shape index (κ3) is 5.71. The van der Waals surface area contributed by atoms with Crippen molar-refractivity contribution in [2.75, 3.05) is 12.4 Å². The Hall–Kier alpha value is -2.34. The summed E-state index contributed by atoms with van der Waals surface area (Å²) in [6, 6.07) is 19.0. The van der Waals surface area contributed by atoms with Crippen molar-refractivity contribution in [2.45, 2.75) is 13.3 Å². The number of halogens is 3. The zero-order valence-corrected chi connectivity index (χ0v) is 21.9. The minimum Gasteiger partial charge on any atom is -0.496 e. The molecule has 0 aromatic heterocycles. The van der Waals surface area contributed by atoms with E-state index in [0.717, 1.165) is 24.7 Å².